The molecular weight excluding hydrogens is 619 g/mol. The molecule has 6 N–H and O–H groups in total. The van der Waals surface area contributed by atoms with Gasteiger partial charge in [0.1, 0.15) is 18.7 Å². The molecule has 1 aromatic carbocycles. The summed E-state index contributed by atoms with van der Waals surface area (Å²) in [6.45, 7) is 8.02. The van der Waals surface area contributed by atoms with E-state index in [-0.39, 0.29) is 67.9 Å². The molecule has 15 heteroatoms. The zero-order valence-corrected chi connectivity index (χ0v) is 28.3. The lowest BCUT2D eigenvalue weighted by molar-refractivity contribution is -0.140. The number of nitrogens with zero attached hydrogens (tertiary/aromatic N) is 1. The number of amides is 7. The Morgan fingerprint density at radius 3 is 2.27 bits per heavy atom. The lowest BCUT2D eigenvalue weighted by Gasteiger charge is -2.25. The molecule has 7 amide bonds. The number of nitrogens with one attached hydrogen (secondary N) is 4. The van der Waals surface area contributed by atoms with Gasteiger partial charge in [-0.2, -0.15) is 0 Å². The number of benzene rings is 1. The van der Waals surface area contributed by atoms with E-state index in [0.717, 1.165) is 6.42 Å². The Labute approximate surface area is 283 Å². The summed E-state index contributed by atoms with van der Waals surface area (Å²) in [5.74, 6) is -2.95. The molecule has 1 heterocycles. The van der Waals surface area contributed by atoms with Crippen LogP contribution in [0, 0.1) is 17.8 Å². The first kappa shape index (κ1) is 39.8. The van der Waals surface area contributed by atoms with Crippen molar-refractivity contribution >= 4 is 55.0 Å². The van der Waals surface area contributed by atoms with Crippen molar-refractivity contribution in [1.82, 2.24) is 20.9 Å². The maximum Gasteiger partial charge on any atom is 0.312 e. The number of ether oxygens (including phenoxy) is 1. The van der Waals surface area contributed by atoms with Crippen molar-refractivity contribution in [3.63, 3.8) is 0 Å². The minimum absolute atomic E-state index is 0.0308. The SMILES string of the molecule is [B]C(=O)OCc1ccc(NC(=O)[C@H](CCCNC(N)=O)NC(=O)C(NC(=O)CCCCCN2C(=O)CC(C(C)CC)C2=O)C(C)C)cc1. The minimum atomic E-state index is -1.00. The number of urea groups is 1. The zero-order valence-electron chi connectivity index (χ0n) is 28.3. The number of carbonyl (C=O) groups is 7. The third-order valence-electron chi connectivity index (χ3n) is 8.37. The highest BCUT2D eigenvalue weighted by Crippen LogP contribution is 2.28. The van der Waals surface area contributed by atoms with E-state index in [9.17, 15) is 33.6 Å². The lowest BCUT2D eigenvalue weighted by atomic mass is 9.90. The molecule has 1 fully saturated rings. The third kappa shape index (κ3) is 13.4. The van der Waals surface area contributed by atoms with Crippen LogP contribution in [0.2, 0.25) is 0 Å². The molecular formula is C33H49BN6O8. The van der Waals surface area contributed by atoms with E-state index in [1.165, 1.54) is 4.90 Å². The molecule has 2 rings (SSSR count). The van der Waals surface area contributed by atoms with E-state index in [0.29, 0.717) is 43.5 Å². The normalized spacial score (nSPS) is 16.2. The number of nitrogens with two attached hydrogens (primary N) is 1. The molecule has 1 aliphatic heterocycles. The maximum absolute atomic E-state index is 13.4. The Balaban J connectivity index is 1.92. The van der Waals surface area contributed by atoms with Gasteiger partial charge in [0.15, 0.2) is 0 Å². The zero-order chi connectivity index (χ0) is 35.8. The number of primary amides is 1. The first-order chi connectivity index (χ1) is 22.7. The Morgan fingerprint density at radius 2 is 1.67 bits per heavy atom. The molecule has 0 bridgehead atoms. The van der Waals surface area contributed by atoms with Crippen LogP contribution in [0.3, 0.4) is 0 Å². The molecule has 3 unspecified atom stereocenters. The van der Waals surface area contributed by atoms with E-state index in [1.807, 2.05) is 13.8 Å². The molecule has 0 aliphatic carbocycles. The molecule has 48 heavy (non-hydrogen) atoms. The van der Waals surface area contributed by atoms with Crippen molar-refractivity contribution in [3.05, 3.63) is 29.8 Å². The summed E-state index contributed by atoms with van der Waals surface area (Å²) < 4.78 is 4.75. The van der Waals surface area contributed by atoms with E-state index < -0.39 is 35.8 Å². The van der Waals surface area contributed by atoms with E-state index in [4.69, 9.17) is 18.3 Å². The van der Waals surface area contributed by atoms with Gasteiger partial charge in [0.25, 0.3) is 0 Å². The monoisotopic (exact) mass is 668 g/mol. The van der Waals surface area contributed by atoms with Crippen molar-refractivity contribution < 1.29 is 38.3 Å². The number of hydrogen-bond donors (Lipinski definition) is 5. The molecule has 2 radical (unpaired) electrons. The van der Waals surface area contributed by atoms with Crippen LogP contribution in [0.1, 0.15) is 84.6 Å². The van der Waals surface area contributed by atoms with Gasteiger partial charge in [-0.3, -0.25) is 33.7 Å². The summed E-state index contributed by atoms with van der Waals surface area (Å²) in [6, 6.07) is 3.86. The first-order valence-corrected chi connectivity index (χ1v) is 16.5. The van der Waals surface area contributed by atoms with Crippen LogP contribution in [0.25, 0.3) is 0 Å². The molecule has 1 aromatic rings. The van der Waals surface area contributed by atoms with Crippen LogP contribution in [-0.2, 0) is 35.3 Å². The van der Waals surface area contributed by atoms with Gasteiger partial charge in [-0.25, -0.2) is 4.79 Å². The molecule has 1 saturated heterocycles. The average molecular weight is 669 g/mol. The van der Waals surface area contributed by atoms with E-state index >= 15 is 0 Å². The van der Waals surface area contributed by atoms with Crippen LogP contribution >= 0.6 is 0 Å². The fraction of sp³-hybridized carbons (Fsp3) is 0.606. The van der Waals surface area contributed by atoms with Gasteiger partial charge < -0.3 is 31.7 Å². The predicted molar refractivity (Wildman–Crippen MR) is 179 cm³/mol. The molecule has 0 saturated carbocycles. The average Bonchev–Trinajstić information content (AvgIpc) is 3.32. The highest BCUT2D eigenvalue weighted by Gasteiger charge is 2.40. The van der Waals surface area contributed by atoms with Crippen LogP contribution in [0.15, 0.2) is 24.3 Å². The fourth-order valence-corrected chi connectivity index (χ4v) is 5.30. The second-order valence-corrected chi connectivity index (χ2v) is 12.5. The Hall–Kier alpha value is -4.43. The summed E-state index contributed by atoms with van der Waals surface area (Å²) >= 11 is 0. The van der Waals surface area contributed by atoms with Gasteiger partial charge in [0, 0.05) is 37.5 Å². The van der Waals surface area contributed by atoms with Gasteiger partial charge in [-0.15, -0.1) is 0 Å². The Kier molecular flexibility index (Phi) is 16.6. The molecule has 0 aromatic heterocycles. The van der Waals surface area contributed by atoms with Crippen LogP contribution < -0.4 is 27.0 Å². The van der Waals surface area contributed by atoms with E-state index in [1.54, 1.807) is 38.1 Å². The van der Waals surface area contributed by atoms with Gasteiger partial charge in [-0.1, -0.05) is 52.7 Å². The molecule has 0 spiro atoms. The molecule has 14 nitrogen and oxygen atoms in total. The number of unbranched alkanes of at least 4 members (excludes halogenated alkanes) is 2. The number of anilines is 1. The van der Waals surface area contributed by atoms with E-state index in [2.05, 4.69) is 21.3 Å². The standard InChI is InChI=1S/C33H49BN6O8/c1-5-21(4)24-18-27(42)40(31(24)45)17-8-6-7-11-26(41)39-28(20(2)3)30(44)38-25(10-9-16-36-33(35)47)29(43)37-23-14-12-22(13-15-23)19-48-32(34)46/h12-15,20-21,24-25,28H,5-11,16-19H2,1-4H3,(H,37,43)(H,38,44)(H,39,41)(H3,35,36,47)/t21?,24?,25-,28?/m0/s1. The second-order valence-electron chi connectivity index (χ2n) is 12.5. The number of carbonyl (C=O) groups excluding carboxylic acids is 7. The summed E-state index contributed by atoms with van der Waals surface area (Å²) in [7, 11) is 4.99. The van der Waals surface area contributed by atoms with Crippen molar-refractivity contribution in [2.24, 2.45) is 23.5 Å². The first-order valence-electron chi connectivity index (χ1n) is 16.5. The quantitative estimate of drug-likeness (QED) is 0.0791. The van der Waals surface area contributed by atoms with Crippen LogP contribution in [-0.4, -0.2) is 79.4 Å². The topological polar surface area (TPSA) is 206 Å². The van der Waals surface area contributed by atoms with Crippen molar-refractivity contribution in [2.45, 2.75) is 97.8 Å². The Morgan fingerprint density at radius 1 is 0.979 bits per heavy atom. The summed E-state index contributed by atoms with van der Waals surface area (Å²) in [6.07, 6.45) is 3.44. The second kappa shape index (κ2) is 20.1. The largest absolute Gasteiger partial charge is 0.470 e. The van der Waals surface area contributed by atoms with Crippen LogP contribution in [0.4, 0.5) is 15.3 Å². The smallest absolute Gasteiger partial charge is 0.312 e. The maximum atomic E-state index is 13.4. The summed E-state index contributed by atoms with van der Waals surface area (Å²) in [4.78, 5) is 87.6. The summed E-state index contributed by atoms with van der Waals surface area (Å²) in [5.41, 5.74) is 6.21. The molecule has 262 valence electrons. The fourth-order valence-electron chi connectivity index (χ4n) is 5.30. The summed E-state index contributed by atoms with van der Waals surface area (Å²) in [5, 5.41) is 10.7. The highest BCUT2D eigenvalue weighted by atomic mass is 16.5. The van der Waals surface area contributed by atoms with Crippen molar-refractivity contribution in [1.29, 1.82) is 0 Å². The van der Waals surface area contributed by atoms with Gasteiger partial charge in [0.05, 0.1) is 0 Å². The Bertz CT molecular complexity index is 1290. The van der Waals surface area contributed by atoms with Gasteiger partial charge in [0.2, 0.25) is 43.3 Å². The van der Waals surface area contributed by atoms with Gasteiger partial charge in [-0.05, 0) is 55.2 Å². The molecule has 1 aliphatic rings. The number of hydrogen-bond acceptors (Lipinski definition) is 8. The number of likely N-dealkylation sites (tertiary alicyclic amines) is 1. The van der Waals surface area contributed by atoms with Crippen molar-refractivity contribution in [3.8, 4) is 0 Å². The number of rotatable bonds is 20. The third-order valence-corrected chi connectivity index (χ3v) is 8.37. The predicted octanol–water partition coefficient (Wildman–Crippen LogP) is 2.49. The molecule has 4 atom stereocenters. The van der Waals surface area contributed by atoms with Crippen LogP contribution in [0.5, 0.6) is 0 Å². The van der Waals surface area contributed by atoms with Gasteiger partial charge >= 0.3 is 6.03 Å². The minimum Gasteiger partial charge on any atom is -0.470 e. The number of imide groups is 1. The highest BCUT2D eigenvalue weighted by molar-refractivity contribution is 6.55. The lowest BCUT2D eigenvalue weighted by Crippen LogP contribution is -2.54. The van der Waals surface area contributed by atoms with Crippen molar-refractivity contribution in [2.75, 3.05) is 18.4 Å².